The number of ether oxygens (including phenoxy) is 2. The van der Waals surface area contributed by atoms with Crippen LogP contribution in [-0.4, -0.2) is 49.7 Å². The second kappa shape index (κ2) is 10.2. The molecule has 1 N–H and O–H groups in total. The monoisotopic (exact) mass is 382 g/mol. The van der Waals surface area contributed by atoms with Crippen LogP contribution in [0.25, 0.3) is 0 Å². The van der Waals surface area contributed by atoms with E-state index in [1.807, 2.05) is 54.6 Å². The van der Waals surface area contributed by atoms with Crippen molar-refractivity contribution in [2.75, 3.05) is 32.8 Å². The van der Waals surface area contributed by atoms with Crippen molar-refractivity contribution >= 4 is 5.91 Å². The predicted molar refractivity (Wildman–Crippen MR) is 111 cm³/mol. The Labute approximate surface area is 167 Å². The van der Waals surface area contributed by atoms with E-state index in [9.17, 15) is 4.79 Å². The molecule has 1 unspecified atom stereocenters. The van der Waals surface area contributed by atoms with Gasteiger partial charge in [-0.2, -0.15) is 0 Å². The van der Waals surface area contributed by atoms with Gasteiger partial charge in [-0.3, -0.25) is 9.69 Å². The van der Waals surface area contributed by atoms with E-state index in [2.05, 4.69) is 24.1 Å². The van der Waals surface area contributed by atoms with Gasteiger partial charge >= 0.3 is 0 Å². The van der Waals surface area contributed by atoms with Crippen LogP contribution in [0.15, 0.2) is 54.6 Å². The summed E-state index contributed by atoms with van der Waals surface area (Å²) < 4.78 is 11.6. The molecule has 2 aromatic rings. The Balaban J connectivity index is 1.54. The zero-order valence-corrected chi connectivity index (χ0v) is 16.8. The van der Waals surface area contributed by atoms with Crippen molar-refractivity contribution in [3.05, 3.63) is 65.7 Å². The van der Waals surface area contributed by atoms with Crippen LogP contribution in [0, 0.1) is 5.92 Å². The Morgan fingerprint density at radius 3 is 2.71 bits per heavy atom. The molecule has 5 heteroatoms. The summed E-state index contributed by atoms with van der Waals surface area (Å²) in [6, 6.07) is 17.2. The highest BCUT2D eigenvalue weighted by Gasteiger charge is 2.22. The number of hydrogen-bond donors (Lipinski definition) is 1. The highest BCUT2D eigenvalue weighted by Crippen LogP contribution is 2.15. The van der Waals surface area contributed by atoms with Crippen molar-refractivity contribution in [2.45, 2.75) is 26.6 Å². The SMILES string of the molecule is CC(C)CN1CCOC(CNC(=O)c2ccccc2COc2ccccc2)C1. The lowest BCUT2D eigenvalue weighted by Gasteiger charge is -2.34. The summed E-state index contributed by atoms with van der Waals surface area (Å²) >= 11 is 0. The second-order valence-corrected chi connectivity index (χ2v) is 7.62. The zero-order valence-electron chi connectivity index (χ0n) is 16.8. The average Bonchev–Trinajstić information content (AvgIpc) is 2.71. The molecule has 1 saturated heterocycles. The van der Waals surface area contributed by atoms with Crippen LogP contribution in [0.2, 0.25) is 0 Å². The molecule has 1 aliphatic heterocycles. The number of carbonyl (C=O) groups excluding carboxylic acids is 1. The van der Waals surface area contributed by atoms with E-state index in [0.29, 0.717) is 24.6 Å². The minimum atomic E-state index is -0.0863. The Kier molecular flexibility index (Phi) is 7.46. The summed E-state index contributed by atoms with van der Waals surface area (Å²) in [4.78, 5) is 15.2. The number of benzene rings is 2. The minimum absolute atomic E-state index is 0.0316. The second-order valence-electron chi connectivity index (χ2n) is 7.62. The van der Waals surface area contributed by atoms with Crippen molar-refractivity contribution in [3.8, 4) is 5.75 Å². The third-order valence-corrected chi connectivity index (χ3v) is 4.74. The molecule has 150 valence electrons. The molecule has 2 aromatic carbocycles. The molecule has 1 atom stereocenters. The van der Waals surface area contributed by atoms with Crippen molar-refractivity contribution in [3.63, 3.8) is 0 Å². The molecule has 28 heavy (non-hydrogen) atoms. The summed E-state index contributed by atoms with van der Waals surface area (Å²) in [5.41, 5.74) is 1.52. The molecule has 5 nitrogen and oxygen atoms in total. The van der Waals surface area contributed by atoms with E-state index in [1.165, 1.54) is 0 Å². The van der Waals surface area contributed by atoms with E-state index < -0.39 is 0 Å². The van der Waals surface area contributed by atoms with Crippen molar-refractivity contribution in [1.82, 2.24) is 10.2 Å². The van der Waals surface area contributed by atoms with Crippen LogP contribution in [-0.2, 0) is 11.3 Å². The van der Waals surface area contributed by atoms with E-state index in [1.54, 1.807) is 0 Å². The minimum Gasteiger partial charge on any atom is -0.489 e. The lowest BCUT2D eigenvalue weighted by Crippen LogP contribution is -2.48. The van der Waals surface area contributed by atoms with Gasteiger partial charge in [-0.05, 0) is 24.1 Å². The highest BCUT2D eigenvalue weighted by atomic mass is 16.5. The first-order chi connectivity index (χ1) is 13.6. The normalized spacial score (nSPS) is 17.5. The van der Waals surface area contributed by atoms with Crippen LogP contribution in [0.4, 0.5) is 0 Å². The Hall–Kier alpha value is -2.37. The maximum absolute atomic E-state index is 12.7. The van der Waals surface area contributed by atoms with Crippen LogP contribution < -0.4 is 10.1 Å². The molecule has 0 radical (unpaired) electrons. The summed E-state index contributed by atoms with van der Waals surface area (Å²) in [5, 5.41) is 3.03. The summed E-state index contributed by atoms with van der Waals surface area (Å²) in [5.74, 6) is 1.33. The molecular weight excluding hydrogens is 352 g/mol. The Morgan fingerprint density at radius 1 is 1.18 bits per heavy atom. The standard InChI is InChI=1S/C23H30N2O3/c1-18(2)15-25-12-13-27-21(16-25)14-24-23(26)22-11-7-6-8-19(22)17-28-20-9-4-3-5-10-20/h3-11,18,21H,12-17H2,1-2H3,(H,24,26). The molecule has 1 heterocycles. The molecular formula is C23H30N2O3. The molecule has 1 aliphatic rings. The van der Waals surface area contributed by atoms with E-state index in [4.69, 9.17) is 9.47 Å². The van der Waals surface area contributed by atoms with Gasteiger partial charge in [0.1, 0.15) is 12.4 Å². The van der Waals surface area contributed by atoms with Crippen LogP contribution in [0.1, 0.15) is 29.8 Å². The largest absolute Gasteiger partial charge is 0.489 e. The van der Waals surface area contributed by atoms with Gasteiger partial charge in [-0.15, -0.1) is 0 Å². The first-order valence-corrected chi connectivity index (χ1v) is 9.99. The molecule has 0 saturated carbocycles. The van der Waals surface area contributed by atoms with Crippen LogP contribution >= 0.6 is 0 Å². The van der Waals surface area contributed by atoms with Gasteiger partial charge in [-0.25, -0.2) is 0 Å². The molecule has 0 aromatic heterocycles. The molecule has 1 fully saturated rings. The summed E-state index contributed by atoms with van der Waals surface area (Å²) in [7, 11) is 0. The quantitative estimate of drug-likeness (QED) is 0.761. The molecule has 0 spiro atoms. The number of nitrogens with zero attached hydrogens (tertiary/aromatic N) is 1. The number of morpholine rings is 1. The molecule has 0 aliphatic carbocycles. The topological polar surface area (TPSA) is 50.8 Å². The van der Waals surface area contributed by atoms with Gasteiger partial charge in [0.2, 0.25) is 0 Å². The van der Waals surface area contributed by atoms with Gasteiger partial charge in [0.25, 0.3) is 5.91 Å². The van der Waals surface area contributed by atoms with Crippen molar-refractivity contribution in [2.24, 2.45) is 5.92 Å². The van der Waals surface area contributed by atoms with E-state index in [0.717, 1.165) is 37.6 Å². The zero-order chi connectivity index (χ0) is 19.8. The predicted octanol–water partition coefficient (Wildman–Crippen LogP) is 3.35. The Bertz CT molecular complexity index is 749. The van der Waals surface area contributed by atoms with Gasteiger partial charge in [0, 0.05) is 37.3 Å². The van der Waals surface area contributed by atoms with Crippen LogP contribution in [0.3, 0.4) is 0 Å². The maximum atomic E-state index is 12.7. The number of para-hydroxylation sites is 1. The summed E-state index contributed by atoms with van der Waals surface area (Å²) in [6.45, 7) is 8.92. The van der Waals surface area contributed by atoms with Crippen molar-refractivity contribution < 1.29 is 14.3 Å². The summed E-state index contributed by atoms with van der Waals surface area (Å²) in [6.07, 6.45) is 0.0316. The number of rotatable bonds is 8. The first-order valence-electron chi connectivity index (χ1n) is 9.99. The fourth-order valence-electron chi connectivity index (χ4n) is 3.43. The lowest BCUT2D eigenvalue weighted by atomic mass is 10.1. The fraction of sp³-hybridized carbons (Fsp3) is 0.435. The van der Waals surface area contributed by atoms with E-state index in [-0.39, 0.29) is 12.0 Å². The smallest absolute Gasteiger partial charge is 0.251 e. The van der Waals surface area contributed by atoms with Gasteiger partial charge in [-0.1, -0.05) is 50.2 Å². The molecule has 1 amide bonds. The number of hydrogen-bond acceptors (Lipinski definition) is 4. The lowest BCUT2D eigenvalue weighted by molar-refractivity contribution is -0.0295. The first kappa shape index (κ1) is 20.4. The number of nitrogens with one attached hydrogen (secondary N) is 1. The van der Waals surface area contributed by atoms with Crippen LogP contribution in [0.5, 0.6) is 5.75 Å². The van der Waals surface area contributed by atoms with Gasteiger partial charge in [0.05, 0.1) is 12.7 Å². The number of amides is 1. The maximum Gasteiger partial charge on any atom is 0.251 e. The third kappa shape index (κ3) is 6.08. The van der Waals surface area contributed by atoms with Crippen molar-refractivity contribution in [1.29, 1.82) is 0 Å². The molecule has 0 bridgehead atoms. The third-order valence-electron chi connectivity index (χ3n) is 4.74. The molecule has 3 rings (SSSR count). The van der Waals surface area contributed by atoms with Gasteiger partial charge < -0.3 is 14.8 Å². The highest BCUT2D eigenvalue weighted by molar-refractivity contribution is 5.95. The number of carbonyl (C=O) groups is 1. The Morgan fingerprint density at radius 2 is 1.93 bits per heavy atom. The van der Waals surface area contributed by atoms with E-state index >= 15 is 0 Å². The fourth-order valence-corrected chi connectivity index (χ4v) is 3.43. The van der Waals surface area contributed by atoms with Gasteiger partial charge in [0.15, 0.2) is 0 Å². The average molecular weight is 383 g/mol.